The summed E-state index contributed by atoms with van der Waals surface area (Å²) in [5, 5.41) is 0. The zero-order valence-corrected chi connectivity index (χ0v) is 16.1. The van der Waals surface area contributed by atoms with Gasteiger partial charge in [0.05, 0.1) is 0 Å². The van der Waals surface area contributed by atoms with Gasteiger partial charge in [-0.3, -0.25) is 4.79 Å². The molecule has 23 heavy (non-hydrogen) atoms. The van der Waals surface area contributed by atoms with Crippen LogP contribution in [0.4, 0.5) is 0 Å². The van der Waals surface area contributed by atoms with Gasteiger partial charge in [0, 0.05) is 11.6 Å². The Kier molecular flexibility index (Phi) is 5.89. The van der Waals surface area contributed by atoms with E-state index >= 15 is 0 Å². The molecule has 0 aliphatic carbocycles. The van der Waals surface area contributed by atoms with Crippen molar-refractivity contribution in [2.75, 3.05) is 0 Å². The maximum absolute atomic E-state index is 11.8. The minimum absolute atomic E-state index is 0.00660. The predicted octanol–water partition coefficient (Wildman–Crippen LogP) is 5.52. The second-order valence-corrected chi connectivity index (χ2v) is 8.50. The molecule has 0 spiro atoms. The van der Waals surface area contributed by atoms with Gasteiger partial charge in [-0.1, -0.05) is 41.5 Å². The van der Waals surface area contributed by atoms with Gasteiger partial charge < -0.3 is 9.47 Å². The van der Waals surface area contributed by atoms with Gasteiger partial charge in [0.15, 0.2) is 5.78 Å². The van der Waals surface area contributed by atoms with E-state index in [-0.39, 0.29) is 28.8 Å². The van der Waals surface area contributed by atoms with Crippen LogP contribution >= 0.6 is 0 Å². The number of hydrogen-bond donors (Lipinski definition) is 0. The molecule has 0 aromatic heterocycles. The van der Waals surface area contributed by atoms with Crippen LogP contribution in [0.3, 0.4) is 0 Å². The molecule has 3 heteroatoms. The van der Waals surface area contributed by atoms with Gasteiger partial charge >= 0.3 is 0 Å². The third kappa shape index (κ3) is 5.89. The summed E-state index contributed by atoms with van der Waals surface area (Å²) in [6.45, 7) is 18.4. The zero-order valence-electron chi connectivity index (χ0n) is 16.1. The van der Waals surface area contributed by atoms with Gasteiger partial charge in [0.2, 0.25) is 0 Å². The Morgan fingerprint density at radius 1 is 0.826 bits per heavy atom. The average molecular weight is 320 g/mol. The van der Waals surface area contributed by atoms with Crippen LogP contribution in [0, 0.1) is 10.8 Å². The summed E-state index contributed by atoms with van der Waals surface area (Å²) in [5.74, 6) is 1.36. The van der Waals surface area contributed by atoms with Crippen molar-refractivity contribution in [1.82, 2.24) is 0 Å². The molecule has 0 amide bonds. The fourth-order valence-corrected chi connectivity index (χ4v) is 1.67. The summed E-state index contributed by atoms with van der Waals surface area (Å²) in [4.78, 5) is 11.8. The zero-order chi connectivity index (χ0) is 18.0. The molecule has 0 heterocycles. The number of ketones is 1. The lowest BCUT2D eigenvalue weighted by molar-refractivity contribution is 0.0943. The van der Waals surface area contributed by atoms with Gasteiger partial charge in [0.25, 0.3) is 0 Å². The normalized spacial score (nSPS) is 15.0. The number of carbonyl (C=O) groups excluding carboxylic acids is 1. The molecule has 0 saturated heterocycles. The lowest BCUT2D eigenvalue weighted by atomic mass is 9.90. The largest absolute Gasteiger partial charge is 0.490 e. The Labute approximate surface area is 141 Å². The fraction of sp³-hybridized carbons (Fsp3) is 0.650. The molecule has 0 radical (unpaired) electrons. The van der Waals surface area contributed by atoms with E-state index in [1.54, 1.807) is 19.1 Å². The number of carbonyl (C=O) groups is 1. The second kappa shape index (κ2) is 6.94. The lowest BCUT2D eigenvalue weighted by Gasteiger charge is -2.30. The molecule has 0 fully saturated rings. The van der Waals surface area contributed by atoms with Crippen molar-refractivity contribution in [3.8, 4) is 11.5 Å². The third-order valence-electron chi connectivity index (χ3n) is 4.35. The molecule has 2 unspecified atom stereocenters. The van der Waals surface area contributed by atoms with E-state index in [1.165, 1.54) is 0 Å². The maximum Gasteiger partial charge on any atom is 0.160 e. The Morgan fingerprint density at radius 3 is 1.43 bits per heavy atom. The molecule has 1 aromatic rings. The molecule has 0 aliphatic heterocycles. The van der Waals surface area contributed by atoms with Gasteiger partial charge in [-0.2, -0.15) is 0 Å². The Bertz CT molecular complexity index is 507. The average Bonchev–Trinajstić information content (AvgIpc) is 2.35. The number of benzene rings is 1. The van der Waals surface area contributed by atoms with Crippen molar-refractivity contribution < 1.29 is 14.3 Å². The Hall–Kier alpha value is -1.51. The molecule has 0 bridgehead atoms. The lowest BCUT2D eigenvalue weighted by Crippen LogP contribution is -2.29. The van der Waals surface area contributed by atoms with Gasteiger partial charge in [-0.25, -0.2) is 0 Å². The summed E-state index contributed by atoms with van der Waals surface area (Å²) in [6, 6.07) is 5.45. The summed E-state index contributed by atoms with van der Waals surface area (Å²) < 4.78 is 12.1. The van der Waals surface area contributed by atoms with Crippen LogP contribution in [-0.2, 0) is 0 Å². The number of Topliss-reactive ketones (excluding diaryl/α,β-unsaturated/α-hetero) is 1. The molecule has 0 N–H and O–H groups in total. The first-order valence-corrected chi connectivity index (χ1v) is 8.30. The van der Waals surface area contributed by atoms with E-state index in [0.29, 0.717) is 17.1 Å². The summed E-state index contributed by atoms with van der Waals surface area (Å²) in [5.41, 5.74) is 0.650. The van der Waals surface area contributed by atoms with E-state index in [1.807, 2.05) is 19.9 Å². The molecule has 1 rings (SSSR count). The predicted molar refractivity (Wildman–Crippen MR) is 95.5 cm³/mol. The third-order valence-corrected chi connectivity index (χ3v) is 4.35. The van der Waals surface area contributed by atoms with E-state index in [0.717, 1.165) is 0 Å². The van der Waals surface area contributed by atoms with Gasteiger partial charge in [-0.15, -0.1) is 0 Å². The first-order chi connectivity index (χ1) is 10.3. The quantitative estimate of drug-likeness (QED) is 0.670. The fourth-order valence-electron chi connectivity index (χ4n) is 1.67. The number of rotatable bonds is 5. The molecular weight excluding hydrogens is 288 g/mol. The van der Waals surface area contributed by atoms with E-state index in [2.05, 4.69) is 41.5 Å². The molecule has 1 aromatic carbocycles. The second-order valence-electron chi connectivity index (χ2n) is 8.50. The van der Waals surface area contributed by atoms with Crippen molar-refractivity contribution >= 4 is 5.78 Å². The van der Waals surface area contributed by atoms with Gasteiger partial charge in [-0.05, 0) is 43.7 Å². The summed E-state index contributed by atoms with van der Waals surface area (Å²) in [6.07, 6.45) is 0.0511. The van der Waals surface area contributed by atoms with E-state index in [4.69, 9.17) is 9.47 Å². The van der Waals surface area contributed by atoms with Crippen LogP contribution < -0.4 is 9.47 Å². The standard InChI is InChI=1S/C20H32O3/c1-13(21)16-10-17(22-14(2)19(4,5)6)12-18(11-16)23-15(3)20(7,8)9/h10-12,14-15H,1-9H3. The highest BCUT2D eigenvalue weighted by atomic mass is 16.5. The van der Waals surface area contributed by atoms with Crippen molar-refractivity contribution in [2.24, 2.45) is 10.8 Å². The Morgan fingerprint density at radius 2 is 1.17 bits per heavy atom. The van der Waals surface area contributed by atoms with Crippen molar-refractivity contribution in [3.05, 3.63) is 23.8 Å². The highest BCUT2D eigenvalue weighted by molar-refractivity contribution is 5.94. The van der Waals surface area contributed by atoms with Gasteiger partial charge in [0.1, 0.15) is 23.7 Å². The molecule has 130 valence electrons. The maximum atomic E-state index is 11.8. The monoisotopic (exact) mass is 320 g/mol. The highest BCUT2D eigenvalue weighted by Crippen LogP contribution is 2.31. The van der Waals surface area contributed by atoms with Crippen molar-refractivity contribution in [3.63, 3.8) is 0 Å². The van der Waals surface area contributed by atoms with Crippen molar-refractivity contribution in [1.29, 1.82) is 0 Å². The van der Waals surface area contributed by atoms with Crippen LogP contribution in [0.25, 0.3) is 0 Å². The Balaban J connectivity index is 3.10. The number of ether oxygens (including phenoxy) is 2. The minimum atomic E-state index is 0.00660. The molecule has 2 atom stereocenters. The van der Waals surface area contributed by atoms with Crippen LogP contribution in [0.15, 0.2) is 18.2 Å². The first kappa shape index (κ1) is 19.5. The summed E-state index contributed by atoms with van der Waals surface area (Å²) in [7, 11) is 0. The van der Waals surface area contributed by atoms with Crippen molar-refractivity contribution in [2.45, 2.75) is 74.5 Å². The van der Waals surface area contributed by atoms with Crippen LogP contribution in [0.1, 0.15) is 72.7 Å². The van der Waals surface area contributed by atoms with E-state index < -0.39 is 0 Å². The topological polar surface area (TPSA) is 35.5 Å². The summed E-state index contributed by atoms with van der Waals surface area (Å²) >= 11 is 0. The molecule has 0 saturated carbocycles. The molecule has 0 aliphatic rings. The van der Waals surface area contributed by atoms with Crippen LogP contribution in [-0.4, -0.2) is 18.0 Å². The van der Waals surface area contributed by atoms with Crippen LogP contribution in [0.5, 0.6) is 11.5 Å². The van der Waals surface area contributed by atoms with E-state index in [9.17, 15) is 4.79 Å². The first-order valence-electron chi connectivity index (χ1n) is 8.30. The molecular formula is C20H32O3. The highest BCUT2D eigenvalue weighted by Gasteiger charge is 2.24. The minimum Gasteiger partial charge on any atom is -0.490 e. The SMILES string of the molecule is CC(=O)c1cc(OC(C)C(C)(C)C)cc(OC(C)C(C)(C)C)c1. The number of hydrogen-bond acceptors (Lipinski definition) is 3. The van der Waals surface area contributed by atoms with Crippen LogP contribution in [0.2, 0.25) is 0 Å². The molecule has 3 nitrogen and oxygen atoms in total. The smallest absolute Gasteiger partial charge is 0.160 e.